The number of hydrogen-bond donors (Lipinski definition) is 1. The number of aryl methyl sites for hydroxylation is 2. The van der Waals surface area contributed by atoms with Crippen LogP contribution in [0.1, 0.15) is 47.2 Å². The Morgan fingerprint density at radius 1 is 1.24 bits per heavy atom. The molecule has 1 aromatic carbocycles. The zero-order valence-corrected chi connectivity index (χ0v) is 13.6. The lowest BCUT2D eigenvalue weighted by molar-refractivity contribution is 0.340. The second-order valence-electron chi connectivity index (χ2n) is 5.62. The Morgan fingerprint density at radius 2 is 2.05 bits per heavy atom. The minimum atomic E-state index is 0.359. The van der Waals surface area contributed by atoms with E-state index in [2.05, 4.69) is 42.6 Å². The van der Waals surface area contributed by atoms with E-state index in [1.807, 2.05) is 18.3 Å². The van der Waals surface area contributed by atoms with Gasteiger partial charge in [-0.3, -0.25) is 0 Å². The van der Waals surface area contributed by atoms with Crippen molar-refractivity contribution in [2.75, 3.05) is 6.61 Å². The Labute approximate surface area is 131 Å². The number of thiophene rings is 1. The van der Waals surface area contributed by atoms with Crippen molar-refractivity contribution in [3.05, 3.63) is 51.2 Å². The first-order valence-electron chi connectivity index (χ1n) is 7.83. The third kappa shape index (κ3) is 3.47. The second kappa shape index (κ2) is 6.63. The predicted octanol–water partition coefficient (Wildman–Crippen LogP) is 4.49. The van der Waals surface area contributed by atoms with Crippen molar-refractivity contribution in [2.24, 2.45) is 0 Å². The van der Waals surface area contributed by atoms with Crippen LogP contribution in [-0.2, 0) is 19.4 Å². The van der Waals surface area contributed by atoms with Crippen LogP contribution in [0.3, 0.4) is 0 Å². The third-order valence-electron chi connectivity index (χ3n) is 4.07. The van der Waals surface area contributed by atoms with E-state index in [0.717, 1.165) is 18.9 Å². The molecule has 112 valence electrons. The molecule has 3 rings (SSSR count). The molecule has 1 heterocycles. The topological polar surface area (TPSA) is 21.3 Å². The van der Waals surface area contributed by atoms with E-state index in [1.165, 1.54) is 29.7 Å². The molecule has 0 radical (unpaired) electrons. The van der Waals surface area contributed by atoms with Crippen LogP contribution < -0.4 is 10.1 Å². The van der Waals surface area contributed by atoms with Crippen LogP contribution in [0.15, 0.2) is 30.3 Å². The SMILES string of the molecule is CCOc1ccc(C(C)NCc2cc3c(s2)CCC3)cc1. The van der Waals surface area contributed by atoms with E-state index in [4.69, 9.17) is 4.74 Å². The third-order valence-corrected chi connectivity index (χ3v) is 5.31. The van der Waals surface area contributed by atoms with Gasteiger partial charge in [0.25, 0.3) is 0 Å². The summed E-state index contributed by atoms with van der Waals surface area (Å²) in [5.41, 5.74) is 2.90. The van der Waals surface area contributed by atoms with Crippen molar-refractivity contribution >= 4 is 11.3 Å². The van der Waals surface area contributed by atoms with Gasteiger partial charge >= 0.3 is 0 Å². The minimum Gasteiger partial charge on any atom is -0.494 e. The molecule has 0 saturated carbocycles. The molecule has 0 bridgehead atoms. The van der Waals surface area contributed by atoms with E-state index in [0.29, 0.717) is 6.04 Å². The minimum absolute atomic E-state index is 0.359. The fourth-order valence-electron chi connectivity index (χ4n) is 2.87. The maximum absolute atomic E-state index is 5.49. The highest BCUT2D eigenvalue weighted by atomic mass is 32.1. The van der Waals surface area contributed by atoms with Gasteiger partial charge in [0.05, 0.1) is 6.61 Å². The number of ether oxygens (including phenoxy) is 1. The van der Waals surface area contributed by atoms with Crippen LogP contribution in [-0.4, -0.2) is 6.61 Å². The maximum Gasteiger partial charge on any atom is 0.119 e. The molecule has 1 aliphatic carbocycles. The van der Waals surface area contributed by atoms with Crippen molar-refractivity contribution in [2.45, 2.75) is 45.7 Å². The highest BCUT2D eigenvalue weighted by molar-refractivity contribution is 7.12. The summed E-state index contributed by atoms with van der Waals surface area (Å²) in [7, 11) is 0. The van der Waals surface area contributed by atoms with Crippen molar-refractivity contribution in [1.82, 2.24) is 5.32 Å². The Hall–Kier alpha value is -1.32. The molecule has 0 aliphatic heterocycles. The van der Waals surface area contributed by atoms with Crippen molar-refractivity contribution in [3.63, 3.8) is 0 Å². The summed E-state index contributed by atoms with van der Waals surface area (Å²) >= 11 is 1.99. The molecule has 0 spiro atoms. The Kier molecular flexibility index (Phi) is 4.61. The van der Waals surface area contributed by atoms with Gasteiger partial charge in [-0.2, -0.15) is 0 Å². The van der Waals surface area contributed by atoms with E-state index in [1.54, 1.807) is 10.4 Å². The molecule has 0 amide bonds. The fraction of sp³-hybridized carbons (Fsp3) is 0.444. The molecule has 0 fully saturated rings. The van der Waals surface area contributed by atoms with Gasteiger partial charge in [0, 0.05) is 22.3 Å². The molecular weight excluding hydrogens is 278 g/mol. The molecule has 1 aliphatic rings. The van der Waals surface area contributed by atoms with Gasteiger partial charge in [0.2, 0.25) is 0 Å². The monoisotopic (exact) mass is 301 g/mol. The average Bonchev–Trinajstić information content (AvgIpc) is 3.07. The standard InChI is InChI=1S/C18H23NOS/c1-3-20-16-9-7-14(8-10-16)13(2)19-12-17-11-15-5-4-6-18(15)21-17/h7-11,13,19H,3-6,12H2,1-2H3. The molecular formula is C18H23NOS. The highest BCUT2D eigenvalue weighted by Gasteiger charge is 2.15. The summed E-state index contributed by atoms with van der Waals surface area (Å²) in [6.45, 7) is 5.91. The van der Waals surface area contributed by atoms with Crippen LogP contribution in [0.5, 0.6) is 5.75 Å². The molecule has 0 saturated heterocycles. The van der Waals surface area contributed by atoms with E-state index in [9.17, 15) is 0 Å². The molecule has 1 N–H and O–H groups in total. The Bertz CT molecular complexity index is 566. The molecule has 21 heavy (non-hydrogen) atoms. The maximum atomic E-state index is 5.49. The van der Waals surface area contributed by atoms with Crippen LogP contribution in [0.4, 0.5) is 0 Å². The summed E-state index contributed by atoms with van der Waals surface area (Å²) in [4.78, 5) is 3.08. The normalized spacial score (nSPS) is 15.0. The van der Waals surface area contributed by atoms with Gasteiger partial charge in [-0.05, 0) is 62.4 Å². The summed E-state index contributed by atoms with van der Waals surface area (Å²) < 4.78 is 5.49. The van der Waals surface area contributed by atoms with E-state index >= 15 is 0 Å². The lowest BCUT2D eigenvalue weighted by Gasteiger charge is -2.14. The smallest absolute Gasteiger partial charge is 0.119 e. The van der Waals surface area contributed by atoms with Crippen LogP contribution >= 0.6 is 11.3 Å². The van der Waals surface area contributed by atoms with Crippen LogP contribution in [0, 0.1) is 0 Å². The number of fused-ring (bicyclic) bond motifs is 1. The number of hydrogen-bond acceptors (Lipinski definition) is 3. The average molecular weight is 301 g/mol. The summed E-state index contributed by atoms with van der Waals surface area (Å²) in [6, 6.07) is 11.2. The van der Waals surface area contributed by atoms with E-state index < -0.39 is 0 Å². The number of rotatable bonds is 6. The first-order valence-corrected chi connectivity index (χ1v) is 8.64. The molecule has 1 unspecified atom stereocenters. The van der Waals surface area contributed by atoms with Gasteiger partial charge in [0.1, 0.15) is 5.75 Å². The van der Waals surface area contributed by atoms with Gasteiger partial charge < -0.3 is 10.1 Å². The van der Waals surface area contributed by atoms with E-state index in [-0.39, 0.29) is 0 Å². The Balaban J connectivity index is 1.56. The zero-order chi connectivity index (χ0) is 14.7. The summed E-state index contributed by atoms with van der Waals surface area (Å²) in [5, 5.41) is 3.62. The second-order valence-corrected chi connectivity index (χ2v) is 6.84. The summed E-state index contributed by atoms with van der Waals surface area (Å²) in [5.74, 6) is 0.947. The van der Waals surface area contributed by atoms with Crippen molar-refractivity contribution in [3.8, 4) is 5.75 Å². The molecule has 2 aromatic rings. The fourth-order valence-corrected chi connectivity index (χ4v) is 4.08. The molecule has 2 nitrogen and oxygen atoms in total. The van der Waals surface area contributed by atoms with Gasteiger partial charge in [-0.15, -0.1) is 11.3 Å². The number of benzene rings is 1. The molecule has 3 heteroatoms. The first-order chi connectivity index (χ1) is 10.3. The van der Waals surface area contributed by atoms with Gasteiger partial charge in [-0.1, -0.05) is 12.1 Å². The summed E-state index contributed by atoms with van der Waals surface area (Å²) in [6.07, 6.45) is 3.91. The predicted molar refractivity (Wildman–Crippen MR) is 89.2 cm³/mol. The lowest BCUT2D eigenvalue weighted by atomic mass is 10.1. The lowest BCUT2D eigenvalue weighted by Crippen LogP contribution is -2.17. The van der Waals surface area contributed by atoms with Gasteiger partial charge in [-0.25, -0.2) is 0 Å². The van der Waals surface area contributed by atoms with Gasteiger partial charge in [0.15, 0.2) is 0 Å². The first kappa shape index (κ1) is 14.6. The van der Waals surface area contributed by atoms with Crippen LogP contribution in [0.2, 0.25) is 0 Å². The highest BCUT2D eigenvalue weighted by Crippen LogP contribution is 2.30. The molecule has 1 aromatic heterocycles. The largest absolute Gasteiger partial charge is 0.494 e. The van der Waals surface area contributed by atoms with Crippen molar-refractivity contribution < 1.29 is 4.74 Å². The molecule has 1 atom stereocenters. The van der Waals surface area contributed by atoms with Crippen molar-refractivity contribution in [1.29, 1.82) is 0 Å². The zero-order valence-electron chi connectivity index (χ0n) is 12.8. The van der Waals surface area contributed by atoms with Crippen LogP contribution in [0.25, 0.3) is 0 Å². The quantitative estimate of drug-likeness (QED) is 0.849. The number of nitrogens with one attached hydrogen (secondary N) is 1. The Morgan fingerprint density at radius 3 is 2.76 bits per heavy atom.